The first kappa shape index (κ1) is 73.4. The molecule has 0 aromatic heterocycles. The number of hydrogen-bond acceptors (Lipinski definition) is 18. The molecule has 0 unspecified atom stereocenters. The summed E-state index contributed by atoms with van der Waals surface area (Å²) in [6, 6.07) is 0. The number of ketones is 1. The minimum Gasteiger partial charge on any atom is -0.464 e. The van der Waals surface area contributed by atoms with Crippen LogP contribution < -0.4 is 5.32 Å². The van der Waals surface area contributed by atoms with Gasteiger partial charge in [-0.2, -0.15) is 0 Å². The highest BCUT2D eigenvalue weighted by molar-refractivity contribution is 8.77. The highest BCUT2D eigenvalue weighted by Crippen LogP contribution is 2.41. The van der Waals surface area contributed by atoms with E-state index >= 15 is 0 Å². The van der Waals surface area contributed by atoms with Crippen LogP contribution >= 0.6 is 86.6 Å². The Bertz CT molecular complexity index is 1380. The molecule has 0 spiro atoms. The second-order valence-corrected chi connectivity index (χ2v) is 34.0. The van der Waals surface area contributed by atoms with Crippen molar-refractivity contribution in [3.63, 3.8) is 0 Å². The summed E-state index contributed by atoms with van der Waals surface area (Å²) in [6.07, 6.45) is 0.592. The van der Waals surface area contributed by atoms with Crippen LogP contribution in [-0.2, 0) is 47.2 Å². The van der Waals surface area contributed by atoms with E-state index in [0.29, 0.717) is 30.3 Å². The highest BCUT2D eigenvalue weighted by Gasteiger charge is 2.41. The average molecular weight is 1100 g/mol. The second-order valence-electron chi connectivity index (χ2n) is 23.2. The van der Waals surface area contributed by atoms with Crippen molar-refractivity contribution in [2.45, 2.75) is 195 Å². The third kappa shape index (κ3) is 45.4. The molecule has 0 heterocycles. The van der Waals surface area contributed by atoms with Gasteiger partial charge < -0.3 is 23.7 Å². The van der Waals surface area contributed by atoms with Gasteiger partial charge in [0.15, 0.2) is 0 Å². The number of amides is 1. The summed E-state index contributed by atoms with van der Waals surface area (Å²) in [7, 11) is 11.5. The van der Waals surface area contributed by atoms with Gasteiger partial charge in [-0.15, -0.1) is 0 Å². The van der Waals surface area contributed by atoms with E-state index < -0.39 is 21.8 Å². The number of nitrogens with one attached hydrogen (secondary N) is 1. The van der Waals surface area contributed by atoms with Crippen molar-refractivity contribution < 1.29 is 47.2 Å². The summed E-state index contributed by atoms with van der Waals surface area (Å²) in [6.45, 7) is 49.6. The normalized spacial score (nSPS) is 12.5. The van der Waals surface area contributed by atoms with Crippen LogP contribution in [0.2, 0.25) is 0 Å². The molecule has 1 amide bonds. The van der Waals surface area contributed by atoms with Gasteiger partial charge in [0.25, 0.3) is 0 Å². The lowest BCUT2D eigenvalue weighted by atomic mass is 9.69. The summed E-state index contributed by atoms with van der Waals surface area (Å²) in [5.74, 6) is 2.38. The first-order valence-corrected chi connectivity index (χ1v) is 31.9. The monoisotopic (exact) mass is 1100 g/mol. The number of Topliss-reactive ketones (excluding diaryl/α,β-unsaturated/α-hetero) is 1. The van der Waals surface area contributed by atoms with E-state index in [1.54, 1.807) is 43.2 Å². The van der Waals surface area contributed by atoms with Crippen molar-refractivity contribution in [2.24, 2.45) is 32.5 Å². The van der Waals surface area contributed by atoms with Crippen LogP contribution in [0.5, 0.6) is 0 Å². The quantitative estimate of drug-likeness (QED) is 0.0307. The summed E-state index contributed by atoms with van der Waals surface area (Å²) in [5.41, 5.74) is -2.75. The van der Waals surface area contributed by atoms with Gasteiger partial charge in [0, 0.05) is 44.5 Å². The maximum atomic E-state index is 12.0. The smallest absolute Gasteiger partial charge is 0.324 e. The largest absolute Gasteiger partial charge is 0.464 e. The zero-order chi connectivity index (χ0) is 53.9. The van der Waals surface area contributed by atoms with Gasteiger partial charge in [-0.25, -0.2) is 0 Å². The zero-order valence-corrected chi connectivity index (χ0v) is 52.6. The Morgan fingerprint density at radius 3 is 1.28 bits per heavy atom. The molecule has 398 valence electrons. The first-order valence-electron chi connectivity index (χ1n) is 22.5. The summed E-state index contributed by atoms with van der Waals surface area (Å²) in [5, 5.41) is 3.60. The van der Waals surface area contributed by atoms with Crippen molar-refractivity contribution in [2.75, 3.05) is 42.1 Å². The number of rotatable bonds is 20. The van der Waals surface area contributed by atoms with Crippen LogP contribution in [0.1, 0.15) is 180 Å². The maximum absolute atomic E-state index is 12.0. The lowest BCUT2D eigenvalue weighted by Gasteiger charge is -2.35. The fourth-order valence-corrected chi connectivity index (χ4v) is 9.56. The van der Waals surface area contributed by atoms with E-state index in [2.05, 4.69) is 39.9 Å². The molecule has 0 aliphatic carbocycles. The van der Waals surface area contributed by atoms with Crippen LogP contribution in [0.4, 0.5) is 0 Å². The van der Waals surface area contributed by atoms with Crippen LogP contribution in [0, 0.1) is 32.5 Å². The Labute approximate surface area is 441 Å². The highest BCUT2D eigenvalue weighted by atomic mass is 33.1. The number of carbonyl (C=O) groups excluding carboxylic acids is 6. The molecule has 0 aromatic rings. The molecule has 0 fully saturated rings. The van der Waals surface area contributed by atoms with Crippen LogP contribution in [0.15, 0.2) is 0 Å². The first-order chi connectivity index (χ1) is 29.8. The van der Waals surface area contributed by atoms with Crippen molar-refractivity contribution in [1.29, 1.82) is 0 Å². The fraction of sp³-hybridized carbons (Fsp3) is 0.875. The third-order valence-electron chi connectivity index (χ3n) is 8.04. The maximum Gasteiger partial charge on any atom is 0.324 e. The fourth-order valence-electron chi connectivity index (χ4n) is 3.01. The molecule has 0 bridgehead atoms. The Morgan fingerprint density at radius 1 is 0.522 bits per heavy atom. The molecular weight excluding hydrogens is 1010 g/mol. The van der Waals surface area contributed by atoms with E-state index in [9.17, 15) is 28.8 Å². The Morgan fingerprint density at radius 2 is 0.955 bits per heavy atom. The number of esters is 3. The number of carbonyl (C=O) groups is 6. The Balaban J connectivity index is -0.000000407. The molecule has 0 saturated heterocycles. The van der Waals surface area contributed by atoms with Gasteiger partial charge >= 0.3 is 23.9 Å². The second kappa shape index (κ2) is 34.3. The Hall–Kier alpha value is -0.180. The predicted molar refractivity (Wildman–Crippen MR) is 303 cm³/mol. The molecule has 67 heavy (non-hydrogen) atoms. The van der Waals surface area contributed by atoms with E-state index in [1.165, 1.54) is 0 Å². The summed E-state index contributed by atoms with van der Waals surface area (Å²) in [4.78, 5) is 69.6. The molecule has 0 saturated carbocycles. The van der Waals surface area contributed by atoms with Gasteiger partial charge in [0.05, 0.1) is 22.1 Å². The molecule has 0 aliphatic rings. The van der Waals surface area contributed by atoms with E-state index in [1.807, 2.05) is 160 Å². The summed E-state index contributed by atoms with van der Waals surface area (Å²) < 4.78 is 21.0. The number of ether oxygens (including phenoxy) is 3. The lowest BCUT2D eigenvalue weighted by Crippen LogP contribution is -2.37. The zero-order valence-electron chi connectivity index (χ0n) is 46.1. The minimum absolute atomic E-state index is 0.0568. The van der Waals surface area contributed by atoms with Crippen molar-refractivity contribution in [1.82, 2.24) is 5.32 Å². The van der Waals surface area contributed by atoms with Crippen molar-refractivity contribution >= 4 is 122 Å². The molecular formula is C48H93NO10S8. The molecule has 0 rings (SSSR count). The van der Waals surface area contributed by atoms with Crippen molar-refractivity contribution in [3.05, 3.63) is 0 Å². The van der Waals surface area contributed by atoms with Gasteiger partial charge in [-0.05, 0) is 92.4 Å². The molecule has 1 N–H and O–H groups in total. The average Bonchev–Trinajstić information content (AvgIpc) is 3.12. The topological polar surface area (TPSA) is 151 Å². The van der Waals surface area contributed by atoms with Crippen LogP contribution in [-0.4, -0.2) is 93.3 Å². The lowest BCUT2D eigenvalue weighted by molar-refractivity contribution is -0.153. The van der Waals surface area contributed by atoms with Gasteiger partial charge in [0.2, 0.25) is 5.91 Å². The molecule has 0 atom stereocenters. The molecule has 0 aromatic carbocycles. The standard InChI is InChI=1S/2C14H26O4S2.C13H25NO2S2.C7H16S2/c1-12(2,3)14(7,8)11(16)18-20-19-9-10(15)17-13(4,5)6;1-13(2,3)11(15)17-7-9-19-20-10-8-18-12(16)14(4,5)6;1-12(2,3)10(15)7-8-17-18-9-14-11(16)13(4,5)6;1-6(2)8-9-7(3,4)5/h9H2,1-8H3;7-10H2,1-6H3;7-9H2,1-6H3,(H,14,16);6H,1-5H3. The van der Waals surface area contributed by atoms with Crippen LogP contribution in [0.3, 0.4) is 0 Å². The molecule has 0 aliphatic heterocycles. The van der Waals surface area contributed by atoms with E-state index in [0.717, 1.165) is 44.4 Å². The predicted octanol–water partition coefficient (Wildman–Crippen LogP) is 14.9. The van der Waals surface area contributed by atoms with Crippen molar-refractivity contribution in [3.8, 4) is 0 Å². The Kier molecular flexibility index (Phi) is 37.5. The molecule has 19 heteroatoms. The van der Waals surface area contributed by atoms with Gasteiger partial charge in [-0.1, -0.05) is 162 Å². The van der Waals surface area contributed by atoms with Crippen LogP contribution in [0.25, 0.3) is 0 Å². The summed E-state index contributed by atoms with van der Waals surface area (Å²) >= 11 is 0.925. The number of hydrogen-bond donors (Lipinski definition) is 1. The SMILES string of the molecule is CC(C)(C)C(=O)CCSSCNC(=O)C(C)(C)C.CC(C)(C)C(=O)OCCSSCCOC(=O)C(C)(C)C.CC(C)(C)OC(=O)CSSOC(=O)C(C)(C)C(C)(C)C.CC(C)SSC(C)(C)C. The van der Waals surface area contributed by atoms with E-state index in [4.69, 9.17) is 18.4 Å². The molecule has 11 nitrogen and oxygen atoms in total. The third-order valence-corrected chi connectivity index (χ3v) is 18.0. The molecule has 0 radical (unpaired) electrons. The van der Waals surface area contributed by atoms with Gasteiger partial charge in [-0.3, -0.25) is 28.8 Å². The minimum atomic E-state index is -0.591. The van der Waals surface area contributed by atoms with E-state index in [-0.39, 0.29) is 57.6 Å². The van der Waals surface area contributed by atoms with Gasteiger partial charge in [0.1, 0.15) is 41.4 Å².